The molecule has 0 unspecified atom stereocenters. The molecular formula is C26H28N6O7S. The number of pyridine rings is 1. The summed E-state index contributed by atoms with van der Waals surface area (Å²) in [4.78, 5) is 40.1. The lowest BCUT2D eigenvalue weighted by atomic mass is 10.1. The molecule has 1 heterocycles. The molecule has 210 valence electrons. The third kappa shape index (κ3) is 9.18. The average Bonchev–Trinajstić information content (AvgIpc) is 2.90. The molecule has 14 heteroatoms. The topological polar surface area (TPSA) is 188 Å². The summed E-state index contributed by atoms with van der Waals surface area (Å²) < 4.78 is 37.2. The number of hydrogen-bond donors (Lipinski definition) is 5. The van der Waals surface area contributed by atoms with Gasteiger partial charge in [0.1, 0.15) is 16.3 Å². The highest BCUT2D eigenvalue weighted by molar-refractivity contribution is 7.86. The number of hydrazine groups is 1. The minimum absolute atomic E-state index is 0.180. The van der Waals surface area contributed by atoms with Crippen LogP contribution in [0.5, 0.6) is 0 Å². The normalized spacial score (nSPS) is 11.5. The van der Waals surface area contributed by atoms with Gasteiger partial charge in [-0.1, -0.05) is 30.3 Å². The first-order valence-electron chi connectivity index (χ1n) is 11.8. The molecular weight excluding hydrogens is 540 g/mol. The van der Waals surface area contributed by atoms with Gasteiger partial charge in [0.05, 0.1) is 11.8 Å². The van der Waals surface area contributed by atoms with Crippen LogP contribution < -0.4 is 21.6 Å². The zero-order valence-electron chi connectivity index (χ0n) is 21.8. The molecule has 0 aliphatic rings. The van der Waals surface area contributed by atoms with Crippen LogP contribution in [-0.2, 0) is 21.4 Å². The van der Waals surface area contributed by atoms with Gasteiger partial charge < -0.3 is 10.1 Å². The first-order valence-corrected chi connectivity index (χ1v) is 13.2. The van der Waals surface area contributed by atoms with Crippen molar-refractivity contribution in [1.82, 2.24) is 21.2 Å². The number of benzene rings is 2. The Bertz CT molecular complexity index is 1500. The number of hydrazone groups is 1. The molecule has 0 spiro atoms. The lowest BCUT2D eigenvalue weighted by Gasteiger charge is -2.19. The van der Waals surface area contributed by atoms with Gasteiger partial charge in [-0.2, -0.15) is 13.5 Å². The Morgan fingerprint density at radius 3 is 2.25 bits per heavy atom. The number of amides is 3. The number of carbonyl (C=O) groups is 3. The van der Waals surface area contributed by atoms with Gasteiger partial charge in [-0.3, -0.25) is 25.0 Å². The van der Waals surface area contributed by atoms with E-state index in [2.05, 4.69) is 31.7 Å². The number of aromatic nitrogens is 1. The summed E-state index contributed by atoms with van der Waals surface area (Å²) in [6, 6.07) is 15.2. The smallest absolute Gasteiger partial charge is 0.426 e. The lowest BCUT2D eigenvalue weighted by Crippen LogP contribution is -2.44. The van der Waals surface area contributed by atoms with Crippen LogP contribution in [0.4, 0.5) is 10.6 Å². The minimum atomic E-state index is -4.40. The zero-order valence-corrected chi connectivity index (χ0v) is 22.7. The van der Waals surface area contributed by atoms with E-state index in [1.54, 1.807) is 51.1 Å². The molecule has 0 fully saturated rings. The van der Waals surface area contributed by atoms with Crippen molar-refractivity contribution in [2.45, 2.75) is 37.8 Å². The maximum Gasteiger partial charge on any atom is 0.426 e. The monoisotopic (exact) mass is 568 g/mol. The first kappa shape index (κ1) is 29.7. The fraction of sp³-hybridized carbons (Fsp3) is 0.192. The van der Waals surface area contributed by atoms with E-state index < -0.39 is 27.7 Å². The number of carbonyl (C=O) groups excluding carboxylic acids is 3. The van der Waals surface area contributed by atoms with Crippen molar-refractivity contribution in [3.05, 3.63) is 89.1 Å². The average molecular weight is 569 g/mol. The molecule has 3 rings (SSSR count). The summed E-state index contributed by atoms with van der Waals surface area (Å²) in [5, 5.41) is 6.67. The van der Waals surface area contributed by atoms with Crippen molar-refractivity contribution in [2.75, 3.05) is 5.43 Å². The van der Waals surface area contributed by atoms with Gasteiger partial charge in [-0.05, 0) is 56.7 Å². The van der Waals surface area contributed by atoms with Crippen LogP contribution in [0.25, 0.3) is 0 Å². The molecule has 2 aromatic carbocycles. The summed E-state index contributed by atoms with van der Waals surface area (Å²) in [5.41, 5.74) is 7.85. The molecule has 0 saturated heterocycles. The van der Waals surface area contributed by atoms with E-state index in [9.17, 15) is 27.4 Å². The lowest BCUT2D eigenvalue weighted by molar-refractivity contribution is 0.0483. The summed E-state index contributed by atoms with van der Waals surface area (Å²) in [5.74, 6) is -0.617. The summed E-state index contributed by atoms with van der Waals surface area (Å²) in [6.07, 6.45) is 1.77. The van der Waals surface area contributed by atoms with Crippen LogP contribution in [0.15, 0.2) is 76.9 Å². The Morgan fingerprint density at radius 2 is 1.62 bits per heavy atom. The molecule has 5 N–H and O–H groups in total. The number of nitrogens with zero attached hydrogens (tertiary/aromatic N) is 2. The number of nitrogens with one attached hydrogen (secondary N) is 4. The summed E-state index contributed by atoms with van der Waals surface area (Å²) in [6.45, 7) is 5.29. The van der Waals surface area contributed by atoms with Crippen LogP contribution in [0.1, 0.15) is 52.6 Å². The van der Waals surface area contributed by atoms with E-state index in [1.165, 1.54) is 42.7 Å². The molecule has 13 nitrogen and oxygen atoms in total. The van der Waals surface area contributed by atoms with Crippen LogP contribution in [-0.4, -0.2) is 47.7 Å². The van der Waals surface area contributed by atoms with Crippen LogP contribution >= 0.6 is 0 Å². The number of anilines is 1. The second-order valence-corrected chi connectivity index (χ2v) is 10.7. The third-order valence-corrected chi connectivity index (χ3v) is 5.88. The molecule has 1 aromatic heterocycles. The summed E-state index contributed by atoms with van der Waals surface area (Å²) in [7, 11) is -4.40. The van der Waals surface area contributed by atoms with E-state index in [0.717, 1.165) is 5.56 Å². The van der Waals surface area contributed by atoms with Gasteiger partial charge in [0.15, 0.2) is 0 Å². The maximum absolute atomic E-state index is 12.5. The molecule has 0 aliphatic carbocycles. The van der Waals surface area contributed by atoms with E-state index in [1.807, 2.05) is 0 Å². The number of rotatable bonds is 8. The maximum atomic E-state index is 12.5. The van der Waals surface area contributed by atoms with Gasteiger partial charge in [0.2, 0.25) is 0 Å². The van der Waals surface area contributed by atoms with E-state index >= 15 is 0 Å². The highest BCUT2D eigenvalue weighted by atomic mass is 32.2. The largest absolute Gasteiger partial charge is 0.443 e. The van der Waals surface area contributed by atoms with Gasteiger partial charge in [-0.25, -0.2) is 15.2 Å². The molecule has 0 aliphatic heterocycles. The Balaban J connectivity index is 1.48. The summed E-state index contributed by atoms with van der Waals surface area (Å²) >= 11 is 0. The van der Waals surface area contributed by atoms with Crippen molar-refractivity contribution in [3.8, 4) is 0 Å². The van der Waals surface area contributed by atoms with Gasteiger partial charge in [0, 0.05) is 23.9 Å². The zero-order chi connectivity index (χ0) is 29.3. The molecule has 40 heavy (non-hydrogen) atoms. The molecule has 0 bridgehead atoms. The molecule has 3 amide bonds. The molecule has 0 atom stereocenters. The molecule has 3 aromatic rings. The predicted octanol–water partition coefficient (Wildman–Crippen LogP) is 2.87. The van der Waals surface area contributed by atoms with Crippen molar-refractivity contribution in [1.29, 1.82) is 0 Å². The Morgan fingerprint density at radius 1 is 0.950 bits per heavy atom. The number of hydrogen-bond acceptors (Lipinski definition) is 9. The van der Waals surface area contributed by atoms with E-state index in [4.69, 9.17) is 4.74 Å². The van der Waals surface area contributed by atoms with Crippen LogP contribution in [0, 0.1) is 0 Å². The highest BCUT2D eigenvalue weighted by Gasteiger charge is 2.17. The second kappa shape index (κ2) is 12.8. The fourth-order valence-electron chi connectivity index (χ4n) is 3.13. The predicted molar refractivity (Wildman–Crippen MR) is 146 cm³/mol. The minimum Gasteiger partial charge on any atom is -0.443 e. The highest BCUT2D eigenvalue weighted by Crippen LogP contribution is 2.13. The third-order valence-electron chi connectivity index (χ3n) is 4.95. The second-order valence-electron chi connectivity index (χ2n) is 9.28. The Labute approximate surface area is 230 Å². The Hall–Kier alpha value is -4.82. The quantitative estimate of drug-likeness (QED) is 0.155. The van der Waals surface area contributed by atoms with E-state index in [0.29, 0.717) is 11.4 Å². The standard InChI is InChI=1S/C26H28N6O7S/c1-26(2,3)39-25(35)32-31-24(34)18-10-8-17(9-11-18)14-28-23(33)20-12-13-22(27-15-20)30-29-16-19-6-4-5-7-21(19)40(36,37)38/h4-13,15-16H,14H2,1-3H3,(H,27,30)(H,28,33)(H,31,34)(H,32,35)(H,36,37,38)/b29-16+. The number of ether oxygens (including phenoxy) is 1. The van der Waals surface area contributed by atoms with Crippen molar-refractivity contribution < 1.29 is 32.1 Å². The molecule has 0 saturated carbocycles. The van der Waals surface area contributed by atoms with E-state index in [-0.39, 0.29) is 28.5 Å². The molecule has 0 radical (unpaired) electrons. The van der Waals surface area contributed by atoms with Crippen LogP contribution in [0.2, 0.25) is 0 Å². The first-order chi connectivity index (χ1) is 18.8. The van der Waals surface area contributed by atoms with Crippen molar-refractivity contribution in [2.24, 2.45) is 5.10 Å². The van der Waals surface area contributed by atoms with Crippen LogP contribution in [0.3, 0.4) is 0 Å². The van der Waals surface area contributed by atoms with Gasteiger partial charge >= 0.3 is 6.09 Å². The SMILES string of the molecule is CC(C)(C)OC(=O)NNC(=O)c1ccc(CNC(=O)c2ccc(N/N=C/c3ccccc3S(=O)(=O)O)nc2)cc1. The van der Waals surface area contributed by atoms with Gasteiger partial charge in [0.25, 0.3) is 21.9 Å². The fourth-order valence-corrected chi connectivity index (χ4v) is 3.80. The van der Waals surface area contributed by atoms with Crippen molar-refractivity contribution in [3.63, 3.8) is 0 Å². The van der Waals surface area contributed by atoms with Gasteiger partial charge in [-0.15, -0.1) is 0 Å². The van der Waals surface area contributed by atoms with Crippen molar-refractivity contribution >= 4 is 40.1 Å². The Kier molecular flexibility index (Phi) is 9.53.